The molecule has 0 saturated carbocycles. The topological polar surface area (TPSA) is 85.4 Å². The highest BCUT2D eigenvalue weighted by molar-refractivity contribution is 6.06. The zero-order chi connectivity index (χ0) is 21.3. The van der Waals surface area contributed by atoms with Crippen LogP contribution in [-0.2, 0) is 22.4 Å². The van der Waals surface area contributed by atoms with Crippen LogP contribution in [0.3, 0.4) is 0 Å². The number of pyridine rings is 1. The van der Waals surface area contributed by atoms with E-state index in [1.54, 1.807) is 24.3 Å². The second-order valence-corrected chi connectivity index (χ2v) is 7.46. The van der Waals surface area contributed by atoms with E-state index < -0.39 is 18.0 Å². The predicted octanol–water partition coefficient (Wildman–Crippen LogP) is 4.11. The van der Waals surface area contributed by atoms with Gasteiger partial charge in [-0.25, -0.2) is 4.79 Å². The molecule has 1 aromatic heterocycles. The van der Waals surface area contributed by atoms with E-state index >= 15 is 0 Å². The van der Waals surface area contributed by atoms with Gasteiger partial charge < -0.3 is 10.1 Å². The Morgan fingerprint density at radius 3 is 2.67 bits per heavy atom. The van der Waals surface area contributed by atoms with Crippen molar-refractivity contribution in [3.05, 3.63) is 70.9 Å². The van der Waals surface area contributed by atoms with E-state index in [0.717, 1.165) is 41.4 Å². The zero-order valence-electron chi connectivity index (χ0n) is 16.9. The van der Waals surface area contributed by atoms with Crippen LogP contribution in [0.15, 0.2) is 48.5 Å². The molecule has 0 radical (unpaired) electrons. The monoisotopic (exact) mass is 402 g/mol. The molecule has 4 rings (SSSR count). The zero-order valence-corrected chi connectivity index (χ0v) is 16.9. The fourth-order valence-electron chi connectivity index (χ4n) is 3.78. The molecule has 6 heteroatoms. The van der Waals surface area contributed by atoms with Gasteiger partial charge in [0.2, 0.25) is 0 Å². The molecule has 0 bridgehead atoms. The van der Waals surface area contributed by atoms with Crippen molar-refractivity contribution in [2.24, 2.45) is 0 Å². The molecule has 0 fully saturated rings. The minimum absolute atomic E-state index is 0.0935. The molecular formula is C24H22N2O4. The number of nitrogens with zero attached hydrogens (tertiary/aromatic N) is 1. The number of nitrogens with one attached hydrogen (secondary N) is 1. The lowest BCUT2D eigenvalue weighted by molar-refractivity contribution is -0.123. The first kappa shape index (κ1) is 19.8. The summed E-state index contributed by atoms with van der Waals surface area (Å²) >= 11 is 0. The summed E-state index contributed by atoms with van der Waals surface area (Å²) in [5, 5.41) is 3.44. The van der Waals surface area contributed by atoms with Crippen molar-refractivity contribution in [2.75, 3.05) is 5.32 Å². The maximum absolute atomic E-state index is 13.1. The summed E-state index contributed by atoms with van der Waals surface area (Å²) in [6.45, 7) is 2.99. The van der Waals surface area contributed by atoms with Crippen molar-refractivity contribution in [1.82, 2.24) is 4.98 Å². The second-order valence-electron chi connectivity index (χ2n) is 7.46. The maximum atomic E-state index is 13.1. The Morgan fingerprint density at radius 2 is 1.87 bits per heavy atom. The average molecular weight is 402 g/mol. The standard InChI is InChI=1S/C24H22N2O4/c1-14(27)16-7-5-8-17(13-16)25-23(28)15(2)30-24(29)22-18-9-3-4-11-20(18)26-21-12-6-10-19(21)22/h3-5,7-9,11,13,15H,6,10,12H2,1-2H3,(H,25,28)/t15-/m0/s1. The average Bonchev–Trinajstić information content (AvgIpc) is 3.19. The van der Waals surface area contributed by atoms with Gasteiger partial charge in [-0.1, -0.05) is 30.3 Å². The van der Waals surface area contributed by atoms with Gasteiger partial charge in [0.05, 0.1) is 11.1 Å². The van der Waals surface area contributed by atoms with Crippen molar-refractivity contribution in [3.8, 4) is 0 Å². The minimum Gasteiger partial charge on any atom is -0.449 e. The Morgan fingerprint density at radius 1 is 1.07 bits per heavy atom. The number of para-hydroxylation sites is 1. The summed E-state index contributed by atoms with van der Waals surface area (Å²) in [5.41, 5.74) is 4.08. The van der Waals surface area contributed by atoms with Crippen LogP contribution in [0.25, 0.3) is 10.9 Å². The molecule has 1 aliphatic carbocycles. The van der Waals surface area contributed by atoms with E-state index in [1.165, 1.54) is 13.8 Å². The summed E-state index contributed by atoms with van der Waals surface area (Å²) in [6, 6.07) is 14.1. The first-order valence-electron chi connectivity index (χ1n) is 9.97. The van der Waals surface area contributed by atoms with Crippen LogP contribution in [0, 0.1) is 0 Å². The molecule has 0 unspecified atom stereocenters. The number of carbonyl (C=O) groups is 3. The normalized spacial score (nSPS) is 13.5. The van der Waals surface area contributed by atoms with E-state index in [9.17, 15) is 14.4 Å². The highest BCUT2D eigenvalue weighted by atomic mass is 16.5. The number of esters is 1. The van der Waals surface area contributed by atoms with Crippen molar-refractivity contribution >= 4 is 34.3 Å². The van der Waals surface area contributed by atoms with Gasteiger partial charge in [0, 0.05) is 22.3 Å². The van der Waals surface area contributed by atoms with Crippen LogP contribution < -0.4 is 5.32 Å². The maximum Gasteiger partial charge on any atom is 0.339 e. The van der Waals surface area contributed by atoms with Crippen LogP contribution in [0.2, 0.25) is 0 Å². The molecule has 152 valence electrons. The second kappa shape index (κ2) is 8.06. The number of rotatable bonds is 5. The highest BCUT2D eigenvalue weighted by Crippen LogP contribution is 2.30. The van der Waals surface area contributed by atoms with Crippen molar-refractivity contribution in [2.45, 2.75) is 39.2 Å². The Kier molecular flexibility index (Phi) is 5.31. The first-order valence-corrected chi connectivity index (χ1v) is 9.97. The summed E-state index contributed by atoms with van der Waals surface area (Å²) < 4.78 is 5.54. The molecule has 30 heavy (non-hydrogen) atoms. The third-order valence-corrected chi connectivity index (χ3v) is 5.31. The molecule has 1 N–H and O–H groups in total. The summed E-state index contributed by atoms with van der Waals surface area (Å²) in [6.07, 6.45) is 1.56. The Balaban J connectivity index is 1.55. The number of ketones is 1. The lowest BCUT2D eigenvalue weighted by atomic mass is 10.0. The van der Waals surface area contributed by atoms with Gasteiger partial charge in [-0.2, -0.15) is 0 Å². The molecule has 3 aromatic rings. The first-order chi connectivity index (χ1) is 14.4. The molecule has 1 atom stereocenters. The van der Waals surface area contributed by atoms with Gasteiger partial charge >= 0.3 is 5.97 Å². The van der Waals surface area contributed by atoms with Gasteiger partial charge in [-0.15, -0.1) is 0 Å². The Labute approximate surface area is 174 Å². The summed E-state index contributed by atoms with van der Waals surface area (Å²) in [7, 11) is 0. The highest BCUT2D eigenvalue weighted by Gasteiger charge is 2.27. The fraction of sp³-hybridized carbons (Fsp3) is 0.250. The smallest absolute Gasteiger partial charge is 0.339 e. The number of hydrogen-bond donors (Lipinski definition) is 1. The Hall–Kier alpha value is -3.54. The molecule has 1 heterocycles. The van der Waals surface area contributed by atoms with E-state index in [4.69, 9.17) is 4.74 Å². The number of ether oxygens (including phenoxy) is 1. The predicted molar refractivity (Wildman–Crippen MR) is 114 cm³/mol. The van der Waals surface area contributed by atoms with E-state index in [1.807, 2.05) is 24.3 Å². The number of aryl methyl sites for hydroxylation is 1. The van der Waals surface area contributed by atoms with Crippen LogP contribution in [-0.4, -0.2) is 28.7 Å². The number of benzene rings is 2. The molecular weight excluding hydrogens is 380 g/mol. The number of amides is 1. The lowest BCUT2D eigenvalue weighted by Crippen LogP contribution is -2.30. The van der Waals surface area contributed by atoms with E-state index in [2.05, 4.69) is 10.3 Å². The lowest BCUT2D eigenvalue weighted by Gasteiger charge is -2.16. The van der Waals surface area contributed by atoms with Crippen LogP contribution in [0.4, 0.5) is 5.69 Å². The fourth-order valence-corrected chi connectivity index (χ4v) is 3.78. The van der Waals surface area contributed by atoms with E-state index in [0.29, 0.717) is 16.8 Å². The Bertz CT molecular complexity index is 1170. The number of carbonyl (C=O) groups excluding carboxylic acids is 3. The van der Waals surface area contributed by atoms with Crippen molar-refractivity contribution in [1.29, 1.82) is 0 Å². The SMILES string of the molecule is CC(=O)c1cccc(NC(=O)[C@H](C)OC(=O)c2c3c(nc4ccccc24)CCC3)c1. The molecule has 0 saturated heterocycles. The molecule has 0 spiro atoms. The van der Waals surface area contributed by atoms with Gasteiger partial charge in [0.1, 0.15) is 0 Å². The number of aromatic nitrogens is 1. The number of fused-ring (bicyclic) bond motifs is 2. The molecule has 6 nitrogen and oxygen atoms in total. The summed E-state index contributed by atoms with van der Waals surface area (Å²) in [5.74, 6) is -1.07. The van der Waals surface area contributed by atoms with Gasteiger partial charge in [0.25, 0.3) is 5.91 Å². The van der Waals surface area contributed by atoms with Crippen LogP contribution >= 0.6 is 0 Å². The largest absolute Gasteiger partial charge is 0.449 e. The van der Waals surface area contributed by atoms with Gasteiger partial charge in [0.15, 0.2) is 11.9 Å². The van der Waals surface area contributed by atoms with E-state index in [-0.39, 0.29) is 5.78 Å². The van der Waals surface area contributed by atoms with Crippen molar-refractivity contribution in [3.63, 3.8) is 0 Å². The number of Topliss-reactive ketones (excluding diaryl/α,β-unsaturated/α-hetero) is 1. The number of hydrogen-bond acceptors (Lipinski definition) is 5. The third-order valence-electron chi connectivity index (χ3n) is 5.31. The molecule has 2 aromatic carbocycles. The van der Waals surface area contributed by atoms with Gasteiger partial charge in [-0.05, 0) is 56.9 Å². The minimum atomic E-state index is -0.998. The molecule has 0 aliphatic heterocycles. The van der Waals surface area contributed by atoms with Crippen LogP contribution in [0.5, 0.6) is 0 Å². The van der Waals surface area contributed by atoms with Crippen LogP contribution in [0.1, 0.15) is 52.2 Å². The van der Waals surface area contributed by atoms with Gasteiger partial charge in [-0.3, -0.25) is 14.6 Å². The summed E-state index contributed by atoms with van der Waals surface area (Å²) in [4.78, 5) is 41.8. The van der Waals surface area contributed by atoms with Crippen molar-refractivity contribution < 1.29 is 19.1 Å². The number of anilines is 1. The quantitative estimate of drug-likeness (QED) is 0.513. The molecule has 1 amide bonds. The third kappa shape index (κ3) is 3.81. The molecule has 1 aliphatic rings.